The molecule has 0 bridgehead atoms. The Hall–Kier alpha value is -3.84. The zero-order valence-corrected chi connectivity index (χ0v) is 16.8. The maximum absolute atomic E-state index is 12.6. The van der Waals surface area contributed by atoms with Crippen LogP contribution in [-0.2, 0) is 9.53 Å². The molecule has 2 aromatic heterocycles. The van der Waals surface area contributed by atoms with Crippen LogP contribution in [0.15, 0.2) is 79.6 Å². The number of esters is 1. The van der Waals surface area contributed by atoms with Crippen molar-refractivity contribution in [3.05, 3.63) is 87.0 Å². The highest BCUT2D eigenvalue weighted by atomic mass is 35.5. The van der Waals surface area contributed by atoms with Crippen LogP contribution in [0.5, 0.6) is 5.75 Å². The van der Waals surface area contributed by atoms with Crippen molar-refractivity contribution < 1.29 is 23.1 Å². The Morgan fingerprint density at radius 3 is 2.65 bits per heavy atom. The molecule has 0 aliphatic rings. The van der Waals surface area contributed by atoms with Gasteiger partial charge in [0.05, 0.1) is 5.56 Å². The predicted molar refractivity (Wildman–Crippen MR) is 116 cm³/mol. The largest absolute Gasteiger partial charge is 0.482 e. The molecule has 0 amide bonds. The van der Waals surface area contributed by atoms with Gasteiger partial charge in [-0.3, -0.25) is 0 Å². The van der Waals surface area contributed by atoms with Crippen LogP contribution >= 0.6 is 11.6 Å². The minimum atomic E-state index is -0.657. The Balaban J connectivity index is 1.76. The molecule has 0 radical (unpaired) electrons. The number of ether oxygens (including phenoxy) is 2. The topological polar surface area (TPSA) is 96.0 Å². The molecule has 0 saturated carbocycles. The third-order valence-corrected chi connectivity index (χ3v) is 4.65. The van der Waals surface area contributed by atoms with Crippen molar-refractivity contribution in [1.29, 1.82) is 0 Å². The van der Waals surface area contributed by atoms with Crippen LogP contribution in [0, 0.1) is 0 Å². The van der Waals surface area contributed by atoms with Crippen LogP contribution in [0.1, 0.15) is 0 Å². The van der Waals surface area contributed by atoms with Gasteiger partial charge in [-0.1, -0.05) is 24.3 Å². The number of carbonyl (C=O) groups is 1. The van der Waals surface area contributed by atoms with E-state index in [4.69, 9.17) is 29.9 Å². The van der Waals surface area contributed by atoms with Crippen LogP contribution in [0.25, 0.3) is 33.1 Å². The number of fused-ring (bicyclic) bond motifs is 2. The summed E-state index contributed by atoms with van der Waals surface area (Å²) in [4.78, 5) is 36.3. The minimum Gasteiger partial charge on any atom is -0.482 e. The smallest absolute Gasteiger partial charge is 0.344 e. The SMILES string of the molecule is C=CCOC(=O)COc1ccc2c(-c3cc4cc(Cl)ccc4oc3=O)cc(=O)oc2c1. The van der Waals surface area contributed by atoms with Gasteiger partial charge in [-0.25, -0.2) is 14.4 Å². The summed E-state index contributed by atoms with van der Waals surface area (Å²) in [6, 6.07) is 12.4. The predicted octanol–water partition coefficient (Wildman–Crippen LogP) is 4.33. The molecule has 156 valence electrons. The second kappa shape index (κ2) is 8.49. The lowest BCUT2D eigenvalue weighted by Crippen LogP contribution is -2.14. The van der Waals surface area contributed by atoms with Crippen LogP contribution in [0.2, 0.25) is 5.02 Å². The van der Waals surface area contributed by atoms with Crippen molar-refractivity contribution in [3.63, 3.8) is 0 Å². The maximum Gasteiger partial charge on any atom is 0.344 e. The van der Waals surface area contributed by atoms with Crippen LogP contribution in [0.4, 0.5) is 0 Å². The average molecular weight is 439 g/mol. The Bertz CT molecular complexity index is 1430. The van der Waals surface area contributed by atoms with Crippen molar-refractivity contribution in [2.24, 2.45) is 0 Å². The van der Waals surface area contributed by atoms with Crippen LogP contribution in [-0.4, -0.2) is 19.2 Å². The second-order valence-electron chi connectivity index (χ2n) is 6.53. The molecule has 0 aliphatic carbocycles. The molecule has 0 atom stereocenters. The standard InChI is InChI=1S/C23H15ClO7/c1-2-7-28-22(26)12-29-15-4-5-16-17(11-21(25)30-20(16)10-15)18-9-13-8-14(24)3-6-19(13)31-23(18)27/h2-6,8-11H,1,7,12H2. The summed E-state index contributed by atoms with van der Waals surface area (Å²) in [6.07, 6.45) is 1.45. The highest BCUT2D eigenvalue weighted by molar-refractivity contribution is 6.31. The summed E-state index contributed by atoms with van der Waals surface area (Å²) in [5.74, 6) is -0.275. The fourth-order valence-corrected chi connectivity index (χ4v) is 3.25. The second-order valence-corrected chi connectivity index (χ2v) is 6.96. The number of halogens is 1. The van der Waals surface area contributed by atoms with Gasteiger partial charge in [0.25, 0.3) is 0 Å². The summed E-state index contributed by atoms with van der Waals surface area (Å²) >= 11 is 6.04. The van der Waals surface area contributed by atoms with Crippen molar-refractivity contribution in [3.8, 4) is 16.9 Å². The molecular formula is C23H15ClO7. The van der Waals surface area contributed by atoms with E-state index in [1.807, 2.05) is 0 Å². The molecule has 0 saturated heterocycles. The first-order valence-corrected chi connectivity index (χ1v) is 9.53. The first-order chi connectivity index (χ1) is 14.9. The summed E-state index contributed by atoms with van der Waals surface area (Å²) in [5, 5.41) is 1.59. The van der Waals surface area contributed by atoms with E-state index in [1.54, 1.807) is 36.4 Å². The van der Waals surface area contributed by atoms with E-state index < -0.39 is 17.2 Å². The average Bonchev–Trinajstić information content (AvgIpc) is 2.75. The summed E-state index contributed by atoms with van der Waals surface area (Å²) in [5.41, 5.74) is -0.162. The molecule has 31 heavy (non-hydrogen) atoms. The van der Waals surface area contributed by atoms with E-state index in [2.05, 4.69) is 6.58 Å². The van der Waals surface area contributed by atoms with Crippen LogP contribution in [0.3, 0.4) is 0 Å². The number of benzene rings is 2. The highest BCUT2D eigenvalue weighted by Crippen LogP contribution is 2.30. The molecule has 8 heteroatoms. The zero-order chi connectivity index (χ0) is 22.0. The lowest BCUT2D eigenvalue weighted by Gasteiger charge is -2.09. The number of rotatable bonds is 6. The highest BCUT2D eigenvalue weighted by Gasteiger charge is 2.15. The lowest BCUT2D eigenvalue weighted by atomic mass is 10.0. The zero-order valence-electron chi connectivity index (χ0n) is 16.1. The lowest BCUT2D eigenvalue weighted by molar-refractivity contribution is -0.144. The third kappa shape index (κ3) is 4.36. The van der Waals surface area contributed by atoms with Crippen LogP contribution < -0.4 is 16.0 Å². The Morgan fingerprint density at radius 1 is 1.00 bits per heavy atom. The summed E-state index contributed by atoms with van der Waals surface area (Å²) in [7, 11) is 0. The summed E-state index contributed by atoms with van der Waals surface area (Å²) in [6.45, 7) is 3.22. The summed E-state index contributed by atoms with van der Waals surface area (Å²) < 4.78 is 20.9. The van der Waals surface area contributed by atoms with Gasteiger partial charge >= 0.3 is 17.2 Å². The molecule has 4 aromatic rings. The molecule has 4 rings (SSSR count). The molecule has 0 aliphatic heterocycles. The minimum absolute atomic E-state index is 0.0811. The van der Waals surface area contributed by atoms with Crippen molar-refractivity contribution in [2.45, 2.75) is 0 Å². The quantitative estimate of drug-likeness (QED) is 0.251. The van der Waals surface area contributed by atoms with E-state index in [0.717, 1.165) is 0 Å². The van der Waals surface area contributed by atoms with Gasteiger partial charge < -0.3 is 18.3 Å². The molecule has 0 unspecified atom stereocenters. The van der Waals surface area contributed by atoms with E-state index in [-0.39, 0.29) is 24.4 Å². The van der Waals surface area contributed by atoms with Gasteiger partial charge in [-0.2, -0.15) is 0 Å². The number of hydrogen-bond donors (Lipinski definition) is 0. The first-order valence-electron chi connectivity index (χ1n) is 9.15. The van der Waals surface area contributed by atoms with Gasteiger partial charge in [-0.05, 0) is 36.4 Å². The fourth-order valence-electron chi connectivity index (χ4n) is 3.07. The van der Waals surface area contributed by atoms with E-state index >= 15 is 0 Å². The Labute approximate surface area is 180 Å². The normalized spacial score (nSPS) is 10.9. The third-order valence-electron chi connectivity index (χ3n) is 4.42. The number of carbonyl (C=O) groups excluding carboxylic acids is 1. The van der Waals surface area contributed by atoms with Gasteiger partial charge in [0.2, 0.25) is 0 Å². The maximum atomic E-state index is 12.6. The molecule has 7 nitrogen and oxygen atoms in total. The molecule has 0 spiro atoms. The molecule has 2 heterocycles. The van der Waals surface area contributed by atoms with E-state index in [0.29, 0.717) is 32.7 Å². The van der Waals surface area contributed by atoms with E-state index in [1.165, 1.54) is 18.2 Å². The van der Waals surface area contributed by atoms with Gasteiger partial charge in [0.15, 0.2) is 6.61 Å². The molecule has 0 fully saturated rings. The van der Waals surface area contributed by atoms with E-state index in [9.17, 15) is 14.4 Å². The van der Waals surface area contributed by atoms with Crippen molar-refractivity contribution in [2.75, 3.05) is 13.2 Å². The van der Waals surface area contributed by atoms with Crippen molar-refractivity contribution >= 4 is 39.5 Å². The molecular weight excluding hydrogens is 424 g/mol. The number of hydrogen-bond acceptors (Lipinski definition) is 7. The monoisotopic (exact) mass is 438 g/mol. The van der Waals surface area contributed by atoms with Gasteiger partial charge in [0.1, 0.15) is 23.5 Å². The van der Waals surface area contributed by atoms with Gasteiger partial charge in [0, 0.05) is 33.5 Å². The Kier molecular flexibility index (Phi) is 5.60. The fraction of sp³-hybridized carbons (Fsp3) is 0.0870. The molecule has 0 N–H and O–H groups in total. The van der Waals surface area contributed by atoms with Crippen molar-refractivity contribution in [1.82, 2.24) is 0 Å². The van der Waals surface area contributed by atoms with Gasteiger partial charge in [-0.15, -0.1) is 0 Å². The Morgan fingerprint density at radius 2 is 1.84 bits per heavy atom. The molecule has 2 aromatic carbocycles. The first kappa shape index (κ1) is 20.4.